The Morgan fingerprint density at radius 3 is 2.92 bits per heavy atom. The molecule has 2 atom stereocenters. The number of carboxylic acids is 1. The Balaban J connectivity index is 2.32. The van der Waals surface area contributed by atoms with Gasteiger partial charge in [0.05, 0.1) is 6.42 Å². The molecule has 2 N–H and O–H groups in total. The van der Waals surface area contributed by atoms with Crippen molar-refractivity contribution in [2.24, 2.45) is 0 Å². The number of aliphatic carboxylic acids is 1. The smallest absolute Gasteiger partial charge is 0.304 e. The quantitative estimate of drug-likeness (QED) is 0.656. The fourth-order valence-corrected chi connectivity index (χ4v) is 1.81. The van der Waals surface area contributed by atoms with Crippen molar-refractivity contribution in [3.8, 4) is 0 Å². The lowest BCUT2D eigenvalue weighted by molar-refractivity contribution is -0.138. The van der Waals surface area contributed by atoms with Crippen molar-refractivity contribution in [1.29, 1.82) is 0 Å². The Morgan fingerprint density at radius 1 is 1.77 bits per heavy atom. The number of hydrogen-bond acceptors (Lipinski definition) is 3. The maximum atomic E-state index is 10.5. The Hall–Kier alpha value is -0.610. The summed E-state index contributed by atoms with van der Waals surface area (Å²) in [6, 6.07) is 0.701. The molecule has 0 radical (unpaired) electrons. The van der Waals surface area contributed by atoms with Gasteiger partial charge < -0.3 is 10.4 Å². The van der Waals surface area contributed by atoms with E-state index < -0.39 is 5.97 Å². The lowest BCUT2D eigenvalue weighted by Gasteiger charge is -2.22. The van der Waals surface area contributed by atoms with E-state index in [9.17, 15) is 4.79 Å². The highest BCUT2D eigenvalue weighted by Crippen LogP contribution is 2.14. The summed E-state index contributed by atoms with van der Waals surface area (Å²) in [5.74, 6) is -0.708. The van der Waals surface area contributed by atoms with Crippen LogP contribution in [0.3, 0.4) is 0 Å². The first-order chi connectivity index (χ1) is 6.13. The number of carbonyl (C=O) groups is 1. The molecule has 0 aromatic carbocycles. The zero-order valence-corrected chi connectivity index (χ0v) is 8.29. The molecule has 0 saturated carbocycles. The predicted octanol–water partition coefficient (Wildman–Crippen LogP) is 0.143. The molecule has 1 fully saturated rings. The van der Waals surface area contributed by atoms with E-state index in [2.05, 4.69) is 10.2 Å². The van der Waals surface area contributed by atoms with Crippen LogP contribution in [0.15, 0.2) is 0 Å². The number of likely N-dealkylation sites (tertiary alicyclic amines) is 1. The van der Waals surface area contributed by atoms with Gasteiger partial charge >= 0.3 is 5.97 Å². The van der Waals surface area contributed by atoms with Crippen molar-refractivity contribution in [2.75, 3.05) is 20.1 Å². The second-order valence-corrected chi connectivity index (χ2v) is 3.72. The topological polar surface area (TPSA) is 52.6 Å². The highest BCUT2D eigenvalue weighted by atomic mass is 16.4. The van der Waals surface area contributed by atoms with Crippen LogP contribution in [0.5, 0.6) is 0 Å². The van der Waals surface area contributed by atoms with Crippen LogP contribution < -0.4 is 5.32 Å². The van der Waals surface area contributed by atoms with Gasteiger partial charge in [0.1, 0.15) is 0 Å². The molecule has 2 unspecified atom stereocenters. The summed E-state index contributed by atoms with van der Waals surface area (Å²) in [6.07, 6.45) is 1.37. The van der Waals surface area contributed by atoms with Gasteiger partial charge in [-0.3, -0.25) is 9.69 Å². The second-order valence-electron chi connectivity index (χ2n) is 3.72. The molecular weight excluding hydrogens is 168 g/mol. The van der Waals surface area contributed by atoms with Crippen molar-refractivity contribution in [2.45, 2.75) is 31.8 Å². The van der Waals surface area contributed by atoms with Gasteiger partial charge in [0.15, 0.2) is 0 Å². The molecule has 4 nitrogen and oxygen atoms in total. The lowest BCUT2D eigenvalue weighted by atomic mass is 10.2. The Bertz CT molecular complexity index is 184. The van der Waals surface area contributed by atoms with Crippen LogP contribution in [0.1, 0.15) is 19.8 Å². The lowest BCUT2D eigenvalue weighted by Crippen LogP contribution is -2.36. The molecule has 0 spiro atoms. The highest BCUT2D eigenvalue weighted by Gasteiger charge is 2.25. The second kappa shape index (κ2) is 4.58. The van der Waals surface area contributed by atoms with Gasteiger partial charge in [-0.15, -0.1) is 0 Å². The fraction of sp³-hybridized carbons (Fsp3) is 0.889. The molecule has 1 aliphatic heterocycles. The van der Waals surface area contributed by atoms with Gasteiger partial charge in [-0.05, 0) is 20.4 Å². The first-order valence-corrected chi connectivity index (χ1v) is 4.76. The summed E-state index contributed by atoms with van der Waals surface area (Å²) < 4.78 is 0. The van der Waals surface area contributed by atoms with Crippen LogP contribution in [0, 0.1) is 0 Å². The third kappa shape index (κ3) is 2.97. The zero-order chi connectivity index (χ0) is 9.84. The highest BCUT2D eigenvalue weighted by molar-refractivity contribution is 5.67. The largest absolute Gasteiger partial charge is 0.481 e. The number of hydrogen-bond donors (Lipinski definition) is 2. The summed E-state index contributed by atoms with van der Waals surface area (Å²) in [5.41, 5.74) is 0. The minimum atomic E-state index is -0.708. The molecule has 1 aliphatic rings. The van der Waals surface area contributed by atoms with Crippen molar-refractivity contribution in [3.05, 3.63) is 0 Å². The standard InChI is InChI=1S/C9H18N2O2/c1-7(5-9(12)13)11-4-3-8(6-11)10-2/h7-8,10H,3-6H2,1-2H3,(H,12,13). The van der Waals surface area contributed by atoms with Gasteiger partial charge in [-0.2, -0.15) is 0 Å². The van der Waals surface area contributed by atoms with E-state index in [0.717, 1.165) is 19.5 Å². The molecule has 0 aromatic heterocycles. The van der Waals surface area contributed by atoms with E-state index in [4.69, 9.17) is 5.11 Å². The average molecular weight is 186 g/mol. The molecule has 76 valence electrons. The first-order valence-electron chi connectivity index (χ1n) is 4.76. The Morgan fingerprint density at radius 2 is 2.46 bits per heavy atom. The molecule has 0 aromatic rings. The molecule has 4 heteroatoms. The Kier molecular flexibility index (Phi) is 3.69. The monoisotopic (exact) mass is 186 g/mol. The number of carboxylic acid groups (broad SMARTS) is 1. The van der Waals surface area contributed by atoms with Gasteiger partial charge in [-0.1, -0.05) is 0 Å². The molecule has 13 heavy (non-hydrogen) atoms. The van der Waals surface area contributed by atoms with Crippen LogP contribution in [-0.4, -0.2) is 48.2 Å². The van der Waals surface area contributed by atoms with E-state index in [1.807, 2.05) is 14.0 Å². The van der Waals surface area contributed by atoms with E-state index in [1.54, 1.807) is 0 Å². The minimum absolute atomic E-state index is 0.163. The van der Waals surface area contributed by atoms with Crippen molar-refractivity contribution < 1.29 is 9.90 Å². The molecule has 1 saturated heterocycles. The summed E-state index contributed by atoms with van der Waals surface area (Å²) in [7, 11) is 1.95. The van der Waals surface area contributed by atoms with Crippen LogP contribution in [0.2, 0.25) is 0 Å². The van der Waals surface area contributed by atoms with Crippen molar-refractivity contribution >= 4 is 5.97 Å². The summed E-state index contributed by atoms with van der Waals surface area (Å²) >= 11 is 0. The maximum absolute atomic E-state index is 10.5. The van der Waals surface area contributed by atoms with Gasteiger partial charge in [0.25, 0.3) is 0 Å². The van der Waals surface area contributed by atoms with Crippen molar-refractivity contribution in [3.63, 3.8) is 0 Å². The van der Waals surface area contributed by atoms with Gasteiger partial charge in [-0.25, -0.2) is 0 Å². The number of likely N-dealkylation sites (N-methyl/N-ethyl adjacent to an activating group) is 1. The summed E-state index contributed by atoms with van der Waals surface area (Å²) in [6.45, 7) is 3.97. The van der Waals surface area contributed by atoms with Crippen molar-refractivity contribution in [1.82, 2.24) is 10.2 Å². The summed E-state index contributed by atoms with van der Waals surface area (Å²) in [4.78, 5) is 12.7. The zero-order valence-electron chi connectivity index (χ0n) is 8.29. The average Bonchev–Trinajstić information content (AvgIpc) is 2.50. The van der Waals surface area contributed by atoms with Crippen LogP contribution >= 0.6 is 0 Å². The van der Waals surface area contributed by atoms with Crippen LogP contribution in [0.25, 0.3) is 0 Å². The van der Waals surface area contributed by atoms with E-state index in [0.29, 0.717) is 6.04 Å². The normalized spacial score (nSPS) is 26.2. The van der Waals surface area contributed by atoms with Crippen LogP contribution in [0.4, 0.5) is 0 Å². The van der Waals surface area contributed by atoms with Gasteiger partial charge in [0.2, 0.25) is 0 Å². The molecule has 1 heterocycles. The number of rotatable bonds is 4. The minimum Gasteiger partial charge on any atom is -0.481 e. The summed E-state index contributed by atoms with van der Waals surface area (Å²) in [5, 5.41) is 11.8. The van der Waals surface area contributed by atoms with E-state index in [-0.39, 0.29) is 12.5 Å². The first kappa shape index (κ1) is 10.5. The number of nitrogens with zero attached hydrogens (tertiary/aromatic N) is 1. The maximum Gasteiger partial charge on any atom is 0.304 e. The molecular formula is C9H18N2O2. The number of nitrogens with one attached hydrogen (secondary N) is 1. The van der Waals surface area contributed by atoms with Gasteiger partial charge in [0, 0.05) is 25.2 Å². The molecule has 0 amide bonds. The predicted molar refractivity (Wildman–Crippen MR) is 50.8 cm³/mol. The third-order valence-corrected chi connectivity index (χ3v) is 2.72. The molecule has 0 aliphatic carbocycles. The third-order valence-electron chi connectivity index (χ3n) is 2.72. The van der Waals surface area contributed by atoms with E-state index >= 15 is 0 Å². The Labute approximate surface area is 78.9 Å². The van der Waals surface area contributed by atoms with E-state index in [1.165, 1.54) is 0 Å². The fourth-order valence-electron chi connectivity index (χ4n) is 1.81. The van der Waals surface area contributed by atoms with Crippen LogP contribution in [-0.2, 0) is 4.79 Å². The molecule has 0 bridgehead atoms. The molecule has 1 rings (SSSR count). The SMILES string of the molecule is CNC1CCN(C(C)CC(=O)O)C1.